The first-order valence-corrected chi connectivity index (χ1v) is 6.71. The fourth-order valence-electron chi connectivity index (χ4n) is 2.26. The lowest BCUT2D eigenvalue weighted by atomic mass is 10.1. The smallest absolute Gasteiger partial charge is 0.277 e. The van der Waals surface area contributed by atoms with Crippen LogP contribution in [0, 0.1) is 0 Å². The molecule has 0 fully saturated rings. The molecule has 2 heterocycles. The minimum atomic E-state index is -0.171. The molecule has 20 heavy (non-hydrogen) atoms. The van der Waals surface area contributed by atoms with Crippen molar-refractivity contribution in [1.29, 1.82) is 0 Å². The van der Waals surface area contributed by atoms with Gasteiger partial charge in [0.1, 0.15) is 18.1 Å². The Morgan fingerprint density at radius 3 is 3.00 bits per heavy atom. The molecule has 0 bridgehead atoms. The molecular formula is C15H13ClN2O2. The highest BCUT2D eigenvalue weighted by Crippen LogP contribution is 2.34. The van der Waals surface area contributed by atoms with Crippen molar-refractivity contribution in [3.63, 3.8) is 0 Å². The molecule has 1 aromatic carbocycles. The van der Waals surface area contributed by atoms with Gasteiger partial charge in [-0.2, -0.15) is 0 Å². The van der Waals surface area contributed by atoms with E-state index in [1.54, 1.807) is 17.0 Å². The summed E-state index contributed by atoms with van der Waals surface area (Å²) < 4.78 is 5.64. The standard InChI is InChI=1S/C15H13ClN2O2/c1-10-9-20-14-5-3-2-4-13(14)18(10)15(19)12-8-11(16)6-7-17-12/h2-8,10H,9H2,1H3/t10-/m0/s1. The molecular weight excluding hydrogens is 276 g/mol. The van der Waals surface area contributed by atoms with Crippen molar-refractivity contribution in [2.75, 3.05) is 11.5 Å². The Bertz CT molecular complexity index is 660. The number of ether oxygens (including phenoxy) is 1. The zero-order valence-corrected chi connectivity index (χ0v) is 11.7. The molecule has 2 aromatic rings. The van der Waals surface area contributed by atoms with Crippen molar-refractivity contribution >= 4 is 23.2 Å². The average molecular weight is 289 g/mol. The van der Waals surface area contributed by atoms with Gasteiger partial charge in [0.25, 0.3) is 5.91 Å². The number of halogens is 1. The third kappa shape index (κ3) is 2.23. The maximum absolute atomic E-state index is 12.7. The second kappa shape index (κ2) is 5.13. The summed E-state index contributed by atoms with van der Waals surface area (Å²) in [6.45, 7) is 2.40. The molecule has 1 amide bonds. The van der Waals surface area contributed by atoms with E-state index in [0.29, 0.717) is 23.1 Å². The van der Waals surface area contributed by atoms with Gasteiger partial charge in [-0.25, -0.2) is 0 Å². The molecule has 5 heteroatoms. The van der Waals surface area contributed by atoms with Crippen molar-refractivity contribution < 1.29 is 9.53 Å². The van der Waals surface area contributed by atoms with Crippen molar-refractivity contribution in [2.45, 2.75) is 13.0 Å². The van der Waals surface area contributed by atoms with Crippen molar-refractivity contribution in [1.82, 2.24) is 4.98 Å². The van der Waals surface area contributed by atoms with Crippen LogP contribution >= 0.6 is 11.6 Å². The number of hydrogen-bond donors (Lipinski definition) is 0. The number of para-hydroxylation sites is 2. The SMILES string of the molecule is C[C@H]1COc2ccccc2N1C(=O)c1cc(Cl)ccn1. The topological polar surface area (TPSA) is 42.4 Å². The number of aromatic nitrogens is 1. The predicted molar refractivity (Wildman–Crippen MR) is 77.5 cm³/mol. The summed E-state index contributed by atoms with van der Waals surface area (Å²) in [5, 5.41) is 0.498. The molecule has 0 unspecified atom stereocenters. The molecule has 102 valence electrons. The number of pyridine rings is 1. The molecule has 1 aliphatic rings. The Morgan fingerprint density at radius 1 is 1.40 bits per heavy atom. The summed E-state index contributed by atoms with van der Waals surface area (Å²) in [5.74, 6) is 0.539. The lowest BCUT2D eigenvalue weighted by molar-refractivity contribution is 0.0956. The average Bonchev–Trinajstić information content (AvgIpc) is 2.46. The molecule has 1 aromatic heterocycles. The van der Waals surface area contributed by atoms with Gasteiger partial charge in [0.15, 0.2) is 0 Å². The van der Waals surface area contributed by atoms with Crippen LogP contribution in [0.25, 0.3) is 0 Å². The predicted octanol–water partition coefficient (Wildman–Crippen LogP) is 3.16. The van der Waals surface area contributed by atoms with Crippen molar-refractivity contribution in [2.24, 2.45) is 0 Å². The third-order valence-electron chi connectivity index (χ3n) is 3.21. The summed E-state index contributed by atoms with van der Waals surface area (Å²) in [6.07, 6.45) is 1.53. The number of rotatable bonds is 1. The Hall–Kier alpha value is -2.07. The number of carbonyl (C=O) groups excluding carboxylic acids is 1. The number of carbonyl (C=O) groups is 1. The van der Waals surface area contributed by atoms with E-state index < -0.39 is 0 Å². The van der Waals surface area contributed by atoms with Crippen LogP contribution in [-0.4, -0.2) is 23.5 Å². The van der Waals surface area contributed by atoms with E-state index >= 15 is 0 Å². The summed E-state index contributed by atoms with van der Waals surface area (Å²) in [4.78, 5) is 18.5. The number of amides is 1. The molecule has 4 nitrogen and oxygen atoms in total. The molecule has 0 saturated heterocycles. The van der Waals surface area contributed by atoms with E-state index in [4.69, 9.17) is 16.3 Å². The van der Waals surface area contributed by atoms with E-state index in [9.17, 15) is 4.79 Å². The van der Waals surface area contributed by atoms with Gasteiger partial charge in [-0.3, -0.25) is 14.7 Å². The van der Waals surface area contributed by atoms with Crippen molar-refractivity contribution in [3.8, 4) is 5.75 Å². The first-order valence-electron chi connectivity index (χ1n) is 6.34. The minimum absolute atomic E-state index is 0.0572. The number of hydrogen-bond acceptors (Lipinski definition) is 3. The maximum atomic E-state index is 12.7. The highest BCUT2D eigenvalue weighted by atomic mass is 35.5. The summed E-state index contributed by atoms with van der Waals surface area (Å²) in [6, 6.07) is 10.7. The van der Waals surface area contributed by atoms with E-state index in [1.807, 2.05) is 31.2 Å². The molecule has 0 saturated carbocycles. The zero-order chi connectivity index (χ0) is 14.1. The lowest BCUT2D eigenvalue weighted by Crippen LogP contribution is -2.45. The van der Waals surface area contributed by atoms with Gasteiger partial charge in [0, 0.05) is 11.2 Å². The molecule has 0 N–H and O–H groups in total. The minimum Gasteiger partial charge on any atom is -0.489 e. The number of anilines is 1. The summed E-state index contributed by atoms with van der Waals surface area (Å²) in [5.41, 5.74) is 1.10. The Morgan fingerprint density at radius 2 is 2.20 bits per heavy atom. The van der Waals surface area contributed by atoms with Crippen molar-refractivity contribution in [3.05, 3.63) is 53.3 Å². The van der Waals surface area contributed by atoms with Crippen LogP contribution in [0.2, 0.25) is 5.02 Å². The molecule has 0 radical (unpaired) electrons. The molecule has 1 aliphatic heterocycles. The third-order valence-corrected chi connectivity index (χ3v) is 3.44. The zero-order valence-electron chi connectivity index (χ0n) is 10.9. The second-order valence-electron chi connectivity index (χ2n) is 4.66. The van der Waals surface area contributed by atoms with Crippen LogP contribution in [0.5, 0.6) is 5.75 Å². The Labute approximate surface area is 122 Å². The van der Waals surface area contributed by atoms with Gasteiger partial charge < -0.3 is 4.74 Å². The molecule has 0 aliphatic carbocycles. The second-order valence-corrected chi connectivity index (χ2v) is 5.10. The van der Waals surface area contributed by atoms with Crippen LogP contribution < -0.4 is 9.64 Å². The summed E-state index contributed by atoms with van der Waals surface area (Å²) in [7, 11) is 0. The fourth-order valence-corrected chi connectivity index (χ4v) is 2.41. The number of benzene rings is 1. The first kappa shape index (κ1) is 12.9. The van der Waals surface area contributed by atoms with Gasteiger partial charge in [-0.1, -0.05) is 23.7 Å². The summed E-state index contributed by atoms with van der Waals surface area (Å²) >= 11 is 5.93. The monoisotopic (exact) mass is 288 g/mol. The van der Waals surface area contributed by atoms with Crippen LogP contribution in [-0.2, 0) is 0 Å². The fraction of sp³-hybridized carbons (Fsp3) is 0.200. The highest BCUT2D eigenvalue weighted by molar-refractivity contribution is 6.31. The van der Waals surface area contributed by atoms with E-state index in [-0.39, 0.29) is 11.9 Å². The lowest BCUT2D eigenvalue weighted by Gasteiger charge is -2.34. The van der Waals surface area contributed by atoms with Crippen LogP contribution in [0.1, 0.15) is 17.4 Å². The van der Waals surface area contributed by atoms with E-state index in [2.05, 4.69) is 4.98 Å². The van der Waals surface area contributed by atoms with E-state index in [0.717, 1.165) is 5.69 Å². The van der Waals surface area contributed by atoms with Gasteiger partial charge in [-0.05, 0) is 31.2 Å². The Kier molecular flexibility index (Phi) is 3.32. The van der Waals surface area contributed by atoms with Gasteiger partial charge in [0.2, 0.25) is 0 Å². The quantitative estimate of drug-likeness (QED) is 0.809. The molecule has 1 atom stereocenters. The molecule has 3 rings (SSSR count). The number of nitrogens with zero attached hydrogens (tertiary/aromatic N) is 2. The van der Waals surface area contributed by atoms with Crippen LogP contribution in [0.3, 0.4) is 0 Å². The van der Waals surface area contributed by atoms with Gasteiger partial charge >= 0.3 is 0 Å². The largest absolute Gasteiger partial charge is 0.489 e. The van der Waals surface area contributed by atoms with Crippen LogP contribution in [0.4, 0.5) is 5.69 Å². The Balaban J connectivity index is 2.03. The van der Waals surface area contributed by atoms with Gasteiger partial charge in [0.05, 0.1) is 11.7 Å². The maximum Gasteiger partial charge on any atom is 0.277 e. The highest BCUT2D eigenvalue weighted by Gasteiger charge is 2.30. The molecule has 0 spiro atoms. The van der Waals surface area contributed by atoms with Crippen LogP contribution in [0.15, 0.2) is 42.6 Å². The normalized spacial score (nSPS) is 17.3. The number of fused-ring (bicyclic) bond motifs is 1. The van der Waals surface area contributed by atoms with E-state index in [1.165, 1.54) is 6.20 Å². The first-order chi connectivity index (χ1) is 9.66. The van der Waals surface area contributed by atoms with Gasteiger partial charge in [-0.15, -0.1) is 0 Å².